The number of nitrogens with zero attached hydrogens (tertiary/aromatic N) is 1. The molecule has 0 fully saturated rings. The number of aliphatic hydroxyl groups excluding tert-OH is 2. The van der Waals surface area contributed by atoms with E-state index in [1.165, 1.54) is 18.5 Å². The van der Waals surface area contributed by atoms with E-state index in [0.717, 1.165) is 0 Å². The first-order valence-corrected chi connectivity index (χ1v) is 4.58. The number of pyridine rings is 1. The topological polar surface area (TPSA) is 96.4 Å². The zero-order valence-corrected chi connectivity index (χ0v) is 8.68. The monoisotopic (exact) mass is 260 g/mol. The minimum atomic E-state index is -1.62. The fraction of sp³-hybridized carbons (Fsp3) is 0.250. The Morgan fingerprint density at radius 1 is 1.57 bits per heavy atom. The molecule has 1 rings (SSSR count). The van der Waals surface area contributed by atoms with Gasteiger partial charge in [-0.1, -0.05) is 0 Å². The molecule has 4 N–H and O–H groups in total. The Labute approximate surface area is 88.7 Å². The van der Waals surface area contributed by atoms with Crippen LogP contribution in [-0.4, -0.2) is 27.2 Å². The van der Waals surface area contributed by atoms with Gasteiger partial charge in [-0.2, -0.15) is 0 Å². The van der Waals surface area contributed by atoms with E-state index in [0.29, 0.717) is 10.0 Å². The number of rotatable bonds is 3. The summed E-state index contributed by atoms with van der Waals surface area (Å²) in [4.78, 5) is 14.4. The minimum Gasteiger partial charge on any atom is -0.385 e. The molecule has 14 heavy (non-hydrogen) atoms. The second kappa shape index (κ2) is 4.50. The number of carbonyl (C=O) groups excluding carboxylic acids is 1. The van der Waals surface area contributed by atoms with Crippen molar-refractivity contribution in [3.8, 4) is 0 Å². The van der Waals surface area contributed by atoms with Crippen molar-refractivity contribution in [2.75, 3.05) is 0 Å². The summed E-state index contributed by atoms with van der Waals surface area (Å²) in [5.74, 6) is -0.971. The molecule has 1 heterocycles. The third-order valence-electron chi connectivity index (χ3n) is 1.71. The highest BCUT2D eigenvalue weighted by Crippen LogP contribution is 2.24. The molecule has 2 unspecified atom stereocenters. The number of hydrogen-bond acceptors (Lipinski definition) is 4. The lowest BCUT2D eigenvalue weighted by Gasteiger charge is -2.15. The van der Waals surface area contributed by atoms with Crippen molar-refractivity contribution >= 4 is 21.8 Å². The fourth-order valence-corrected chi connectivity index (χ4v) is 1.44. The molecule has 2 atom stereocenters. The van der Waals surface area contributed by atoms with Gasteiger partial charge >= 0.3 is 0 Å². The van der Waals surface area contributed by atoms with E-state index in [1.54, 1.807) is 0 Å². The highest BCUT2D eigenvalue weighted by Gasteiger charge is 2.24. The molecule has 0 spiro atoms. The molecule has 1 aromatic heterocycles. The van der Waals surface area contributed by atoms with Crippen LogP contribution in [0.3, 0.4) is 0 Å². The van der Waals surface area contributed by atoms with Crippen LogP contribution in [0.5, 0.6) is 0 Å². The Balaban J connectivity index is 2.94. The molecule has 0 saturated carbocycles. The molecular formula is C8H9BrN2O3. The van der Waals surface area contributed by atoms with Crippen molar-refractivity contribution in [3.05, 3.63) is 28.5 Å². The Hall–Kier alpha value is -0.980. The normalized spacial score (nSPS) is 14.8. The lowest BCUT2D eigenvalue weighted by molar-refractivity contribution is -0.132. The quantitative estimate of drug-likeness (QED) is 0.697. The second-order valence-electron chi connectivity index (χ2n) is 2.69. The van der Waals surface area contributed by atoms with E-state index >= 15 is 0 Å². The highest BCUT2D eigenvalue weighted by molar-refractivity contribution is 9.10. The molecule has 1 aromatic rings. The Kier molecular flexibility index (Phi) is 3.56. The van der Waals surface area contributed by atoms with Crippen LogP contribution in [0, 0.1) is 0 Å². The van der Waals surface area contributed by atoms with Gasteiger partial charge in [0.15, 0.2) is 6.10 Å². The maximum Gasteiger partial charge on any atom is 0.249 e. The average molecular weight is 261 g/mol. The van der Waals surface area contributed by atoms with Crippen molar-refractivity contribution in [3.63, 3.8) is 0 Å². The molecule has 5 nitrogen and oxygen atoms in total. The van der Waals surface area contributed by atoms with Gasteiger partial charge in [0.05, 0.1) is 0 Å². The molecule has 0 radical (unpaired) electrons. The number of primary amides is 1. The van der Waals surface area contributed by atoms with Gasteiger partial charge in [0, 0.05) is 22.4 Å². The molecule has 0 aromatic carbocycles. The number of hydrogen-bond donors (Lipinski definition) is 3. The summed E-state index contributed by atoms with van der Waals surface area (Å²) >= 11 is 3.13. The van der Waals surface area contributed by atoms with Crippen molar-refractivity contribution < 1.29 is 15.0 Å². The molecule has 0 aliphatic rings. The lowest BCUT2D eigenvalue weighted by atomic mass is 10.1. The zero-order chi connectivity index (χ0) is 10.7. The van der Waals surface area contributed by atoms with Gasteiger partial charge in [0.1, 0.15) is 6.10 Å². The number of nitrogens with two attached hydrogens (primary N) is 1. The largest absolute Gasteiger partial charge is 0.385 e. The summed E-state index contributed by atoms with van der Waals surface area (Å²) in [6.45, 7) is 0. The first kappa shape index (κ1) is 11.1. The van der Waals surface area contributed by atoms with Crippen molar-refractivity contribution in [1.82, 2.24) is 4.98 Å². The molecule has 0 bridgehead atoms. The Morgan fingerprint density at radius 3 is 2.71 bits per heavy atom. The SMILES string of the molecule is NC(=O)C(O)C(O)c1ccncc1Br. The standard InChI is InChI=1S/C8H9BrN2O3/c9-5-3-11-2-1-4(5)6(12)7(13)8(10)14/h1-3,6-7,12-13H,(H2,10,14). The maximum atomic E-state index is 10.6. The second-order valence-corrected chi connectivity index (χ2v) is 3.54. The predicted octanol–water partition coefficient (Wildman–Crippen LogP) is -0.276. The van der Waals surface area contributed by atoms with Gasteiger partial charge in [0.2, 0.25) is 5.91 Å². The molecule has 0 aliphatic heterocycles. The van der Waals surface area contributed by atoms with Gasteiger partial charge in [-0.25, -0.2) is 0 Å². The average Bonchev–Trinajstić information content (AvgIpc) is 2.16. The van der Waals surface area contributed by atoms with Crippen LogP contribution < -0.4 is 5.73 Å². The lowest BCUT2D eigenvalue weighted by Crippen LogP contribution is -2.34. The number of aromatic nitrogens is 1. The number of carbonyl (C=O) groups is 1. The summed E-state index contributed by atoms with van der Waals surface area (Å²) in [7, 11) is 0. The summed E-state index contributed by atoms with van der Waals surface area (Å²) in [6, 6.07) is 1.49. The van der Waals surface area contributed by atoms with Crippen LogP contribution in [0.1, 0.15) is 11.7 Å². The van der Waals surface area contributed by atoms with E-state index < -0.39 is 18.1 Å². The summed E-state index contributed by atoms with van der Waals surface area (Å²) in [5.41, 5.74) is 5.21. The van der Waals surface area contributed by atoms with E-state index in [9.17, 15) is 15.0 Å². The third-order valence-corrected chi connectivity index (χ3v) is 2.38. The molecular weight excluding hydrogens is 252 g/mol. The van der Waals surface area contributed by atoms with Gasteiger partial charge in [-0.3, -0.25) is 9.78 Å². The Morgan fingerprint density at radius 2 is 2.21 bits per heavy atom. The summed E-state index contributed by atoms with van der Waals surface area (Å²) in [5, 5.41) is 18.7. The van der Waals surface area contributed by atoms with Crippen molar-refractivity contribution in [2.24, 2.45) is 5.73 Å². The van der Waals surface area contributed by atoms with Crippen LogP contribution in [0.2, 0.25) is 0 Å². The van der Waals surface area contributed by atoms with Crippen LogP contribution in [0.25, 0.3) is 0 Å². The van der Waals surface area contributed by atoms with E-state index in [-0.39, 0.29) is 0 Å². The van der Waals surface area contributed by atoms with Gasteiger partial charge < -0.3 is 15.9 Å². The van der Waals surface area contributed by atoms with Gasteiger partial charge in [0.25, 0.3) is 0 Å². The summed E-state index contributed by atoms with van der Waals surface area (Å²) in [6.07, 6.45) is -0.0675. The molecule has 0 aliphatic carbocycles. The van der Waals surface area contributed by atoms with E-state index in [2.05, 4.69) is 20.9 Å². The molecule has 76 valence electrons. The van der Waals surface area contributed by atoms with Crippen molar-refractivity contribution in [1.29, 1.82) is 0 Å². The van der Waals surface area contributed by atoms with Crippen LogP contribution in [0.15, 0.2) is 22.9 Å². The summed E-state index contributed by atoms with van der Waals surface area (Å²) < 4.78 is 0.507. The van der Waals surface area contributed by atoms with Crippen LogP contribution in [0.4, 0.5) is 0 Å². The number of halogens is 1. The minimum absolute atomic E-state index is 0.367. The predicted molar refractivity (Wildman–Crippen MR) is 52.1 cm³/mol. The first-order chi connectivity index (χ1) is 6.54. The van der Waals surface area contributed by atoms with E-state index in [1.807, 2.05) is 0 Å². The number of amides is 1. The highest BCUT2D eigenvalue weighted by atomic mass is 79.9. The molecule has 0 saturated heterocycles. The maximum absolute atomic E-state index is 10.6. The van der Waals surface area contributed by atoms with Crippen LogP contribution in [-0.2, 0) is 4.79 Å². The zero-order valence-electron chi connectivity index (χ0n) is 7.09. The first-order valence-electron chi connectivity index (χ1n) is 3.79. The van der Waals surface area contributed by atoms with Gasteiger partial charge in [-0.15, -0.1) is 0 Å². The smallest absolute Gasteiger partial charge is 0.249 e. The van der Waals surface area contributed by atoms with Crippen molar-refractivity contribution in [2.45, 2.75) is 12.2 Å². The van der Waals surface area contributed by atoms with E-state index in [4.69, 9.17) is 5.73 Å². The Bertz CT molecular complexity index is 345. The van der Waals surface area contributed by atoms with Gasteiger partial charge in [-0.05, 0) is 22.0 Å². The van der Waals surface area contributed by atoms with Crippen LogP contribution >= 0.6 is 15.9 Å². The molecule has 6 heteroatoms. The molecule has 1 amide bonds. The third kappa shape index (κ3) is 2.28. The fourth-order valence-electron chi connectivity index (χ4n) is 0.951. The number of aliphatic hydroxyl groups is 2.